The van der Waals surface area contributed by atoms with Crippen molar-refractivity contribution in [2.75, 3.05) is 5.32 Å². The Labute approximate surface area is 96.6 Å². The quantitative estimate of drug-likeness (QED) is 0.800. The van der Waals surface area contributed by atoms with Gasteiger partial charge in [0, 0.05) is 24.0 Å². The summed E-state index contributed by atoms with van der Waals surface area (Å²) in [5.74, 6) is -1.45. The zero-order valence-electron chi connectivity index (χ0n) is 8.74. The van der Waals surface area contributed by atoms with Crippen LogP contribution >= 0.6 is 0 Å². The molecule has 1 heterocycles. The average Bonchev–Trinajstić information content (AvgIpc) is 2.33. The van der Waals surface area contributed by atoms with Crippen molar-refractivity contribution in [3.05, 3.63) is 53.9 Å². The minimum absolute atomic E-state index is 0.0643. The summed E-state index contributed by atoms with van der Waals surface area (Å²) in [6, 6.07) is 5.25. The van der Waals surface area contributed by atoms with E-state index in [2.05, 4.69) is 10.3 Å². The Bertz CT molecular complexity index is 541. The van der Waals surface area contributed by atoms with Gasteiger partial charge in [0.05, 0.1) is 17.6 Å². The first-order valence-electron chi connectivity index (χ1n) is 4.87. The molecule has 0 bridgehead atoms. The van der Waals surface area contributed by atoms with Gasteiger partial charge in [-0.1, -0.05) is 0 Å². The molecule has 0 saturated heterocycles. The van der Waals surface area contributed by atoms with Gasteiger partial charge in [-0.3, -0.25) is 4.98 Å². The summed E-state index contributed by atoms with van der Waals surface area (Å²) in [6.45, 7) is 0. The molecule has 0 aliphatic carbocycles. The van der Waals surface area contributed by atoms with Crippen LogP contribution in [0.4, 0.5) is 20.2 Å². The Kier molecular flexibility index (Phi) is 3.09. The third kappa shape index (κ3) is 2.44. The fourth-order valence-corrected chi connectivity index (χ4v) is 1.42. The number of nitrogens with one attached hydrogen (secondary N) is 2. The van der Waals surface area contributed by atoms with Crippen LogP contribution in [0.3, 0.4) is 0 Å². The molecule has 0 spiro atoms. The van der Waals surface area contributed by atoms with Crippen LogP contribution in [0.5, 0.6) is 0 Å². The third-order valence-electron chi connectivity index (χ3n) is 2.17. The van der Waals surface area contributed by atoms with E-state index in [9.17, 15) is 8.78 Å². The van der Waals surface area contributed by atoms with Crippen molar-refractivity contribution in [2.45, 2.75) is 0 Å². The van der Waals surface area contributed by atoms with Gasteiger partial charge in [0.1, 0.15) is 11.6 Å². The summed E-state index contributed by atoms with van der Waals surface area (Å²) in [5, 5.41) is 9.89. The van der Waals surface area contributed by atoms with E-state index in [1.54, 1.807) is 18.3 Å². The number of benzene rings is 1. The van der Waals surface area contributed by atoms with Gasteiger partial charge in [-0.2, -0.15) is 0 Å². The van der Waals surface area contributed by atoms with Gasteiger partial charge in [0.25, 0.3) is 0 Å². The number of aromatic nitrogens is 1. The molecule has 0 radical (unpaired) electrons. The predicted molar refractivity (Wildman–Crippen MR) is 61.8 cm³/mol. The molecule has 0 atom stereocenters. The standard InChI is InChI=1S/C12H9F2N3/c13-9-4-8(6-15)12(11(14)5-9)17-10-2-1-3-16-7-10/h1-7,15,17H. The van der Waals surface area contributed by atoms with Crippen molar-refractivity contribution in [3.8, 4) is 0 Å². The van der Waals surface area contributed by atoms with Crippen LogP contribution in [-0.4, -0.2) is 11.2 Å². The van der Waals surface area contributed by atoms with Gasteiger partial charge >= 0.3 is 0 Å². The Morgan fingerprint density at radius 3 is 2.76 bits per heavy atom. The minimum Gasteiger partial charge on any atom is -0.351 e. The SMILES string of the molecule is N=Cc1cc(F)cc(F)c1Nc1cccnc1. The number of hydrogen-bond donors (Lipinski definition) is 2. The lowest BCUT2D eigenvalue weighted by molar-refractivity contribution is 0.585. The van der Waals surface area contributed by atoms with E-state index in [4.69, 9.17) is 5.41 Å². The molecule has 17 heavy (non-hydrogen) atoms. The van der Waals surface area contributed by atoms with Crippen molar-refractivity contribution < 1.29 is 8.78 Å². The zero-order valence-corrected chi connectivity index (χ0v) is 8.74. The van der Waals surface area contributed by atoms with Crippen molar-refractivity contribution >= 4 is 17.6 Å². The van der Waals surface area contributed by atoms with Gasteiger partial charge in [0.2, 0.25) is 0 Å². The maximum Gasteiger partial charge on any atom is 0.150 e. The molecule has 0 fully saturated rings. The first kappa shape index (κ1) is 11.2. The maximum absolute atomic E-state index is 13.6. The molecule has 1 aromatic heterocycles. The average molecular weight is 233 g/mol. The fraction of sp³-hybridized carbons (Fsp3) is 0. The minimum atomic E-state index is -0.743. The summed E-state index contributed by atoms with van der Waals surface area (Å²) in [4.78, 5) is 3.87. The van der Waals surface area contributed by atoms with Crippen molar-refractivity contribution in [3.63, 3.8) is 0 Å². The van der Waals surface area contributed by atoms with Crippen LogP contribution in [0, 0.1) is 17.0 Å². The van der Waals surface area contributed by atoms with Crippen LogP contribution in [-0.2, 0) is 0 Å². The normalized spacial score (nSPS) is 10.0. The molecule has 0 unspecified atom stereocenters. The molecule has 2 rings (SSSR count). The number of nitrogens with zero attached hydrogens (tertiary/aromatic N) is 1. The van der Waals surface area contributed by atoms with Crippen LogP contribution in [0.2, 0.25) is 0 Å². The molecule has 0 aliphatic heterocycles. The van der Waals surface area contributed by atoms with E-state index in [1.165, 1.54) is 6.20 Å². The zero-order chi connectivity index (χ0) is 12.3. The maximum atomic E-state index is 13.6. The van der Waals surface area contributed by atoms with Crippen LogP contribution in [0.15, 0.2) is 36.7 Å². The number of anilines is 2. The van der Waals surface area contributed by atoms with E-state index >= 15 is 0 Å². The van der Waals surface area contributed by atoms with Crippen molar-refractivity contribution in [2.24, 2.45) is 0 Å². The van der Waals surface area contributed by atoms with Gasteiger partial charge in [0.15, 0.2) is 0 Å². The molecule has 2 aromatic rings. The first-order chi connectivity index (χ1) is 8.20. The monoisotopic (exact) mass is 233 g/mol. The molecular formula is C12H9F2N3. The highest BCUT2D eigenvalue weighted by atomic mass is 19.1. The highest BCUT2D eigenvalue weighted by molar-refractivity contribution is 5.87. The molecule has 0 aliphatic rings. The second-order valence-electron chi connectivity index (χ2n) is 3.36. The number of halogens is 2. The van der Waals surface area contributed by atoms with Gasteiger partial charge in [-0.15, -0.1) is 0 Å². The Morgan fingerprint density at radius 2 is 2.12 bits per heavy atom. The number of rotatable bonds is 3. The Hall–Kier alpha value is -2.30. The highest BCUT2D eigenvalue weighted by Gasteiger charge is 2.10. The Morgan fingerprint density at radius 1 is 1.29 bits per heavy atom. The molecular weight excluding hydrogens is 224 g/mol. The molecule has 86 valence electrons. The van der Waals surface area contributed by atoms with Crippen LogP contribution in [0.25, 0.3) is 0 Å². The summed E-state index contributed by atoms with van der Waals surface area (Å²) in [6.07, 6.45) is 3.99. The second-order valence-corrected chi connectivity index (χ2v) is 3.36. The van der Waals surface area contributed by atoms with Crippen LogP contribution in [0.1, 0.15) is 5.56 Å². The van der Waals surface area contributed by atoms with Gasteiger partial charge in [-0.05, 0) is 18.2 Å². The largest absolute Gasteiger partial charge is 0.351 e. The second kappa shape index (κ2) is 4.69. The molecule has 2 N–H and O–H groups in total. The third-order valence-corrected chi connectivity index (χ3v) is 2.17. The number of pyridine rings is 1. The topological polar surface area (TPSA) is 48.8 Å². The highest BCUT2D eigenvalue weighted by Crippen LogP contribution is 2.23. The van der Waals surface area contributed by atoms with E-state index in [0.717, 1.165) is 18.3 Å². The molecule has 3 nitrogen and oxygen atoms in total. The van der Waals surface area contributed by atoms with E-state index < -0.39 is 11.6 Å². The van der Waals surface area contributed by atoms with Gasteiger partial charge in [-0.25, -0.2) is 8.78 Å². The lowest BCUT2D eigenvalue weighted by Crippen LogP contribution is -2.00. The van der Waals surface area contributed by atoms with Crippen molar-refractivity contribution in [1.82, 2.24) is 4.98 Å². The Balaban J connectivity index is 2.42. The fourth-order valence-electron chi connectivity index (χ4n) is 1.42. The van der Waals surface area contributed by atoms with E-state index in [-0.39, 0.29) is 11.3 Å². The number of hydrogen-bond acceptors (Lipinski definition) is 3. The summed E-state index contributed by atoms with van der Waals surface area (Å²) in [5.41, 5.74) is 0.780. The molecule has 1 aromatic carbocycles. The predicted octanol–water partition coefficient (Wildman–Crippen LogP) is 3.10. The van der Waals surface area contributed by atoms with E-state index in [0.29, 0.717) is 5.69 Å². The van der Waals surface area contributed by atoms with Gasteiger partial charge < -0.3 is 10.7 Å². The van der Waals surface area contributed by atoms with E-state index in [1.807, 2.05) is 0 Å². The summed E-state index contributed by atoms with van der Waals surface area (Å²) in [7, 11) is 0. The summed E-state index contributed by atoms with van der Waals surface area (Å²) >= 11 is 0. The molecule has 0 saturated carbocycles. The van der Waals surface area contributed by atoms with Crippen LogP contribution < -0.4 is 5.32 Å². The smallest absolute Gasteiger partial charge is 0.150 e. The first-order valence-corrected chi connectivity index (χ1v) is 4.87. The summed E-state index contributed by atoms with van der Waals surface area (Å²) < 4.78 is 26.5. The molecule has 0 amide bonds. The lowest BCUT2D eigenvalue weighted by Gasteiger charge is -2.10. The molecule has 5 heteroatoms. The lowest BCUT2D eigenvalue weighted by atomic mass is 10.1. The van der Waals surface area contributed by atoms with Crippen molar-refractivity contribution in [1.29, 1.82) is 5.41 Å².